The van der Waals surface area contributed by atoms with Gasteiger partial charge in [0.15, 0.2) is 0 Å². The molecule has 1 amide bonds. The van der Waals surface area contributed by atoms with Crippen LogP contribution in [0.3, 0.4) is 0 Å². The van der Waals surface area contributed by atoms with Crippen molar-refractivity contribution in [3.63, 3.8) is 0 Å². The number of carbonyl (C=O) groups excluding carboxylic acids is 1. The Hall–Kier alpha value is -1.36. The van der Waals surface area contributed by atoms with E-state index in [2.05, 4.69) is 17.2 Å². The molecule has 1 aromatic rings. The van der Waals surface area contributed by atoms with Gasteiger partial charge < -0.3 is 14.6 Å². The minimum absolute atomic E-state index is 0.0162. The Morgan fingerprint density at radius 2 is 2.16 bits per heavy atom. The van der Waals surface area contributed by atoms with E-state index in [-0.39, 0.29) is 24.0 Å². The van der Waals surface area contributed by atoms with Crippen LogP contribution >= 0.6 is 0 Å². The van der Waals surface area contributed by atoms with E-state index in [4.69, 9.17) is 4.74 Å². The summed E-state index contributed by atoms with van der Waals surface area (Å²) in [5, 5.41) is 3.31. The lowest BCUT2D eigenvalue weighted by Crippen LogP contribution is -2.43. The van der Waals surface area contributed by atoms with E-state index in [9.17, 15) is 4.79 Å². The number of imidazole rings is 1. The minimum Gasteiger partial charge on any atom is -0.370 e. The molecule has 140 valence electrons. The van der Waals surface area contributed by atoms with Crippen LogP contribution in [0.15, 0.2) is 12.4 Å². The summed E-state index contributed by atoms with van der Waals surface area (Å²) in [6.45, 7) is 2.83. The smallest absolute Gasteiger partial charge is 0.223 e. The largest absolute Gasteiger partial charge is 0.370 e. The van der Waals surface area contributed by atoms with Gasteiger partial charge in [0, 0.05) is 44.4 Å². The third kappa shape index (κ3) is 4.84. The molecule has 1 N–H and O–H groups in total. The summed E-state index contributed by atoms with van der Waals surface area (Å²) in [5.74, 6) is 2.11. The molecule has 3 rings (SSSR count). The fourth-order valence-electron chi connectivity index (χ4n) is 4.40. The number of aromatic nitrogens is 2. The van der Waals surface area contributed by atoms with Gasteiger partial charge in [0.25, 0.3) is 0 Å². The van der Waals surface area contributed by atoms with Crippen LogP contribution in [0, 0.1) is 11.8 Å². The van der Waals surface area contributed by atoms with E-state index in [0.29, 0.717) is 6.61 Å². The van der Waals surface area contributed by atoms with Crippen LogP contribution in [0.25, 0.3) is 0 Å². The molecule has 0 aromatic carbocycles. The van der Waals surface area contributed by atoms with Crippen molar-refractivity contribution in [1.29, 1.82) is 0 Å². The number of carbonyl (C=O) groups is 1. The summed E-state index contributed by atoms with van der Waals surface area (Å²) in [6.07, 6.45) is 14.1. The van der Waals surface area contributed by atoms with Crippen LogP contribution in [0.2, 0.25) is 0 Å². The number of ether oxygens (including phenoxy) is 1. The molecule has 2 fully saturated rings. The molecule has 5 nitrogen and oxygen atoms in total. The molecule has 3 atom stereocenters. The quantitative estimate of drug-likeness (QED) is 0.852. The Morgan fingerprint density at radius 1 is 1.36 bits per heavy atom. The van der Waals surface area contributed by atoms with Crippen molar-refractivity contribution < 1.29 is 9.53 Å². The normalized spacial score (nSPS) is 26.3. The van der Waals surface area contributed by atoms with Crippen LogP contribution in [0.5, 0.6) is 0 Å². The van der Waals surface area contributed by atoms with Crippen LogP contribution in [0.4, 0.5) is 0 Å². The highest BCUT2D eigenvalue weighted by Gasteiger charge is 2.30. The molecule has 1 aliphatic carbocycles. The molecule has 5 heteroatoms. The first-order valence-corrected chi connectivity index (χ1v) is 10.1. The van der Waals surface area contributed by atoms with Crippen LogP contribution in [-0.2, 0) is 16.6 Å². The Bertz CT molecular complexity index is 551. The summed E-state index contributed by atoms with van der Waals surface area (Å²) < 4.78 is 7.90. The first kappa shape index (κ1) is 18.4. The fraction of sp³-hybridized carbons (Fsp3) is 0.800. The highest BCUT2D eigenvalue weighted by atomic mass is 16.5. The second-order valence-corrected chi connectivity index (χ2v) is 7.83. The monoisotopic (exact) mass is 347 g/mol. The third-order valence-corrected chi connectivity index (χ3v) is 5.98. The number of rotatable bonds is 6. The van der Waals surface area contributed by atoms with Gasteiger partial charge in [-0.2, -0.15) is 0 Å². The van der Waals surface area contributed by atoms with Crippen molar-refractivity contribution in [3.05, 3.63) is 18.2 Å². The van der Waals surface area contributed by atoms with Crippen molar-refractivity contribution in [2.75, 3.05) is 6.61 Å². The molecule has 1 aliphatic heterocycles. The Labute approximate surface area is 151 Å². The lowest BCUT2D eigenvalue weighted by Gasteiger charge is -2.31. The first-order chi connectivity index (χ1) is 12.2. The summed E-state index contributed by atoms with van der Waals surface area (Å²) >= 11 is 0. The molecule has 0 spiro atoms. The minimum atomic E-state index is -0.0162. The number of amides is 1. The summed E-state index contributed by atoms with van der Waals surface area (Å²) in [5.41, 5.74) is 0. The van der Waals surface area contributed by atoms with E-state index in [1.807, 2.05) is 17.8 Å². The van der Waals surface area contributed by atoms with Crippen molar-refractivity contribution in [2.24, 2.45) is 18.9 Å². The number of hydrogen-bond donors (Lipinski definition) is 1. The van der Waals surface area contributed by atoms with E-state index in [0.717, 1.165) is 37.4 Å². The highest BCUT2D eigenvalue weighted by molar-refractivity contribution is 5.78. The summed E-state index contributed by atoms with van der Waals surface area (Å²) in [4.78, 5) is 17.2. The fourth-order valence-corrected chi connectivity index (χ4v) is 4.40. The average molecular weight is 348 g/mol. The van der Waals surface area contributed by atoms with Gasteiger partial charge in [-0.1, -0.05) is 39.0 Å². The summed E-state index contributed by atoms with van der Waals surface area (Å²) in [6, 6.07) is 0.198. The molecule has 0 unspecified atom stereocenters. The van der Waals surface area contributed by atoms with E-state index in [1.54, 1.807) is 6.20 Å². The number of nitrogens with zero attached hydrogens (tertiary/aromatic N) is 2. The van der Waals surface area contributed by atoms with Gasteiger partial charge >= 0.3 is 0 Å². The number of nitrogens with one attached hydrogen (secondary N) is 1. The van der Waals surface area contributed by atoms with Gasteiger partial charge in [-0.25, -0.2) is 4.98 Å². The first-order valence-electron chi connectivity index (χ1n) is 10.1. The van der Waals surface area contributed by atoms with E-state index in [1.165, 1.54) is 32.1 Å². The lowest BCUT2D eigenvalue weighted by molar-refractivity contribution is -0.127. The summed E-state index contributed by atoms with van der Waals surface area (Å²) in [7, 11) is 1.99. The average Bonchev–Trinajstić information content (AvgIpc) is 3.06. The van der Waals surface area contributed by atoms with Gasteiger partial charge in [-0.05, 0) is 25.2 Å². The predicted octanol–water partition coefficient (Wildman–Crippen LogP) is 3.75. The molecule has 1 aromatic heterocycles. The maximum Gasteiger partial charge on any atom is 0.223 e. The van der Waals surface area contributed by atoms with Crippen molar-refractivity contribution >= 4 is 5.91 Å². The van der Waals surface area contributed by atoms with Gasteiger partial charge in [0.1, 0.15) is 11.9 Å². The molecular formula is C20H33N3O2. The topological polar surface area (TPSA) is 56.1 Å². The number of hydrogen-bond acceptors (Lipinski definition) is 3. The molecule has 2 heterocycles. The van der Waals surface area contributed by atoms with E-state index >= 15 is 0 Å². The standard InChI is InChI=1S/C20H33N3O2/c1-3-16(13-15-7-5-4-6-8-15)20(24)22-17-9-12-25-18(14-17)19-21-10-11-23(19)2/h10-11,15-18H,3-9,12-14H2,1-2H3,(H,22,24)/t16-,17-,18-/m1/s1. The van der Waals surface area contributed by atoms with E-state index < -0.39 is 0 Å². The zero-order chi connectivity index (χ0) is 17.6. The molecule has 0 bridgehead atoms. The molecule has 1 saturated carbocycles. The van der Waals surface area contributed by atoms with Crippen LogP contribution in [-0.4, -0.2) is 28.1 Å². The Morgan fingerprint density at radius 3 is 2.84 bits per heavy atom. The van der Waals surface area contributed by atoms with Crippen LogP contribution < -0.4 is 5.32 Å². The Balaban J connectivity index is 1.52. The Kier molecular flexibility index (Phi) is 6.51. The molecular weight excluding hydrogens is 314 g/mol. The van der Waals surface area contributed by atoms with Crippen LogP contribution in [0.1, 0.15) is 76.6 Å². The SMILES string of the molecule is CC[C@H](CC1CCCCC1)C(=O)N[C@@H]1CCO[C@@H](c2nccn2C)C1. The van der Waals surface area contributed by atoms with Gasteiger partial charge in [-0.3, -0.25) is 4.79 Å². The zero-order valence-electron chi connectivity index (χ0n) is 15.7. The van der Waals surface area contributed by atoms with Crippen molar-refractivity contribution in [2.45, 2.75) is 76.9 Å². The van der Waals surface area contributed by atoms with Gasteiger partial charge in [0.2, 0.25) is 5.91 Å². The maximum absolute atomic E-state index is 12.8. The highest BCUT2D eigenvalue weighted by Crippen LogP contribution is 2.31. The second-order valence-electron chi connectivity index (χ2n) is 7.83. The molecule has 2 aliphatic rings. The maximum atomic E-state index is 12.8. The lowest BCUT2D eigenvalue weighted by atomic mass is 9.81. The predicted molar refractivity (Wildman–Crippen MR) is 98.0 cm³/mol. The van der Waals surface area contributed by atoms with Gasteiger partial charge in [-0.15, -0.1) is 0 Å². The van der Waals surface area contributed by atoms with Gasteiger partial charge in [0.05, 0.1) is 0 Å². The second kappa shape index (κ2) is 8.84. The molecule has 25 heavy (non-hydrogen) atoms. The van der Waals surface area contributed by atoms with Crippen molar-refractivity contribution in [3.8, 4) is 0 Å². The molecule has 1 saturated heterocycles. The number of aryl methyl sites for hydroxylation is 1. The third-order valence-electron chi connectivity index (χ3n) is 5.98. The molecule has 0 radical (unpaired) electrons. The van der Waals surface area contributed by atoms with Crippen molar-refractivity contribution in [1.82, 2.24) is 14.9 Å². The zero-order valence-corrected chi connectivity index (χ0v) is 15.7.